The van der Waals surface area contributed by atoms with E-state index in [1.807, 2.05) is 72.8 Å². The molecule has 124 valence electrons. The van der Waals surface area contributed by atoms with Gasteiger partial charge in [-0.05, 0) is 42.7 Å². The molecule has 1 saturated heterocycles. The fourth-order valence-electron chi connectivity index (χ4n) is 2.58. The maximum Gasteiger partial charge on any atom is 0.250 e. The third-order valence-electron chi connectivity index (χ3n) is 3.77. The lowest BCUT2D eigenvalue weighted by Crippen LogP contribution is -2.42. The van der Waals surface area contributed by atoms with Gasteiger partial charge in [-0.2, -0.15) is 0 Å². The highest BCUT2D eigenvalue weighted by molar-refractivity contribution is 9.10. The normalized spacial score (nSPS) is 18.4. The molecule has 0 aromatic heterocycles. The minimum atomic E-state index is -0.0625. The molecule has 1 heterocycles. The SMILES string of the molecule is CSC(=Nc1ccc(Br)cc1)N1CC(C)C(=O)N1c1ccccc1. The fraction of sp³-hybridized carbons (Fsp3) is 0.222. The van der Waals surface area contributed by atoms with Crippen LogP contribution in [0.4, 0.5) is 11.4 Å². The van der Waals surface area contributed by atoms with E-state index in [4.69, 9.17) is 4.99 Å². The number of thioether (sulfide) groups is 1. The quantitative estimate of drug-likeness (QED) is 0.538. The van der Waals surface area contributed by atoms with Crippen LogP contribution in [0.15, 0.2) is 64.1 Å². The van der Waals surface area contributed by atoms with Crippen LogP contribution in [0.2, 0.25) is 0 Å². The van der Waals surface area contributed by atoms with Gasteiger partial charge in [-0.3, -0.25) is 9.80 Å². The van der Waals surface area contributed by atoms with Gasteiger partial charge in [0.05, 0.1) is 23.8 Å². The number of aliphatic imine (C=N–C) groups is 1. The molecule has 1 amide bonds. The smallest absolute Gasteiger partial charge is 0.250 e. The second-order valence-corrected chi connectivity index (χ2v) is 7.23. The van der Waals surface area contributed by atoms with Crippen molar-refractivity contribution in [3.05, 3.63) is 59.1 Å². The van der Waals surface area contributed by atoms with Gasteiger partial charge in [-0.15, -0.1) is 0 Å². The number of carbonyl (C=O) groups excluding carboxylic acids is 1. The van der Waals surface area contributed by atoms with E-state index < -0.39 is 0 Å². The number of carbonyl (C=O) groups is 1. The highest BCUT2D eigenvalue weighted by atomic mass is 79.9. The summed E-state index contributed by atoms with van der Waals surface area (Å²) in [6, 6.07) is 17.5. The number of hydrogen-bond acceptors (Lipinski definition) is 3. The molecule has 1 fully saturated rings. The van der Waals surface area contributed by atoms with Gasteiger partial charge in [0, 0.05) is 4.47 Å². The van der Waals surface area contributed by atoms with Crippen molar-refractivity contribution in [3.8, 4) is 0 Å². The summed E-state index contributed by atoms with van der Waals surface area (Å²) in [7, 11) is 0. The van der Waals surface area contributed by atoms with E-state index in [1.54, 1.807) is 5.01 Å². The van der Waals surface area contributed by atoms with Gasteiger partial charge in [0.15, 0.2) is 5.17 Å². The van der Waals surface area contributed by atoms with Gasteiger partial charge in [-0.1, -0.05) is 52.8 Å². The molecule has 0 aliphatic carbocycles. The topological polar surface area (TPSA) is 35.9 Å². The molecule has 0 N–H and O–H groups in total. The first-order chi connectivity index (χ1) is 11.6. The second-order valence-electron chi connectivity index (χ2n) is 5.54. The third-order valence-corrected chi connectivity index (χ3v) is 4.97. The van der Waals surface area contributed by atoms with Crippen molar-refractivity contribution < 1.29 is 4.79 Å². The molecule has 0 saturated carbocycles. The van der Waals surface area contributed by atoms with Crippen LogP contribution >= 0.6 is 27.7 Å². The number of nitrogens with zero attached hydrogens (tertiary/aromatic N) is 3. The number of hydrazine groups is 1. The molecule has 0 radical (unpaired) electrons. The Morgan fingerprint density at radius 1 is 1.17 bits per heavy atom. The summed E-state index contributed by atoms with van der Waals surface area (Å²) in [5.41, 5.74) is 1.73. The first-order valence-corrected chi connectivity index (χ1v) is 9.66. The largest absolute Gasteiger partial charge is 0.272 e. The minimum Gasteiger partial charge on any atom is -0.272 e. The molecular weight excluding hydrogens is 386 g/mol. The zero-order valence-corrected chi connectivity index (χ0v) is 15.9. The Morgan fingerprint density at radius 3 is 2.46 bits per heavy atom. The number of halogens is 1. The number of para-hydroxylation sites is 1. The van der Waals surface area contributed by atoms with Crippen molar-refractivity contribution in [3.63, 3.8) is 0 Å². The Hall–Kier alpha value is -1.79. The van der Waals surface area contributed by atoms with E-state index in [-0.39, 0.29) is 11.8 Å². The zero-order chi connectivity index (χ0) is 17.1. The van der Waals surface area contributed by atoms with Crippen molar-refractivity contribution in [2.45, 2.75) is 6.92 Å². The van der Waals surface area contributed by atoms with Crippen LogP contribution in [0.3, 0.4) is 0 Å². The van der Waals surface area contributed by atoms with E-state index in [0.29, 0.717) is 6.54 Å². The summed E-state index contributed by atoms with van der Waals surface area (Å²) >= 11 is 4.97. The van der Waals surface area contributed by atoms with Gasteiger partial charge in [0.1, 0.15) is 0 Å². The van der Waals surface area contributed by atoms with Gasteiger partial charge >= 0.3 is 0 Å². The molecule has 6 heteroatoms. The monoisotopic (exact) mass is 403 g/mol. The van der Waals surface area contributed by atoms with Crippen molar-refractivity contribution in [1.82, 2.24) is 5.01 Å². The molecule has 0 spiro atoms. The van der Waals surface area contributed by atoms with E-state index in [1.165, 1.54) is 11.8 Å². The van der Waals surface area contributed by atoms with Crippen LogP contribution in [0.5, 0.6) is 0 Å². The number of amides is 1. The average Bonchev–Trinajstić information content (AvgIpc) is 2.90. The third kappa shape index (κ3) is 3.49. The van der Waals surface area contributed by atoms with E-state index in [0.717, 1.165) is 21.0 Å². The predicted molar refractivity (Wildman–Crippen MR) is 105 cm³/mol. The molecule has 1 unspecified atom stereocenters. The first kappa shape index (κ1) is 17.0. The Balaban J connectivity index is 1.97. The molecule has 3 rings (SSSR count). The Labute approximate surface area is 154 Å². The lowest BCUT2D eigenvalue weighted by molar-refractivity contribution is -0.120. The Morgan fingerprint density at radius 2 is 1.83 bits per heavy atom. The summed E-state index contributed by atoms with van der Waals surface area (Å²) < 4.78 is 1.02. The molecular formula is C18H18BrN3OS. The predicted octanol–water partition coefficient (Wildman–Crippen LogP) is 4.70. The fourth-order valence-corrected chi connectivity index (χ4v) is 3.41. The van der Waals surface area contributed by atoms with Crippen molar-refractivity contribution in [1.29, 1.82) is 0 Å². The average molecular weight is 404 g/mol. The van der Waals surface area contributed by atoms with Crippen molar-refractivity contribution in [2.24, 2.45) is 10.9 Å². The van der Waals surface area contributed by atoms with Gasteiger partial charge < -0.3 is 0 Å². The summed E-state index contributed by atoms with van der Waals surface area (Å²) in [4.78, 5) is 17.4. The lowest BCUT2D eigenvalue weighted by atomic mass is 10.2. The van der Waals surface area contributed by atoms with Gasteiger partial charge in [-0.25, -0.2) is 10.0 Å². The van der Waals surface area contributed by atoms with E-state index >= 15 is 0 Å². The second kappa shape index (κ2) is 7.40. The number of benzene rings is 2. The van der Waals surface area contributed by atoms with Crippen LogP contribution < -0.4 is 5.01 Å². The molecule has 2 aromatic rings. The van der Waals surface area contributed by atoms with E-state index in [2.05, 4.69) is 15.9 Å². The minimum absolute atomic E-state index is 0.0625. The number of hydrogen-bond donors (Lipinski definition) is 0. The summed E-state index contributed by atoms with van der Waals surface area (Å²) in [6.45, 7) is 2.58. The summed E-state index contributed by atoms with van der Waals surface area (Å²) in [5.74, 6) is 0.0335. The number of rotatable bonds is 2. The molecule has 4 nitrogen and oxygen atoms in total. The van der Waals surface area contributed by atoms with Crippen LogP contribution in [0.25, 0.3) is 0 Å². The summed E-state index contributed by atoms with van der Waals surface area (Å²) in [5, 5.41) is 4.51. The maximum absolute atomic E-state index is 12.6. The molecule has 2 aromatic carbocycles. The van der Waals surface area contributed by atoms with Crippen LogP contribution in [0, 0.1) is 5.92 Å². The standard InChI is InChI=1S/C18H18BrN3OS/c1-13-12-21(22(17(13)23)16-6-4-3-5-7-16)18(24-2)20-15-10-8-14(19)9-11-15/h3-11,13H,12H2,1-2H3. The highest BCUT2D eigenvalue weighted by Gasteiger charge is 2.38. The molecule has 1 aliphatic heterocycles. The van der Waals surface area contributed by atoms with Crippen LogP contribution in [-0.2, 0) is 4.79 Å². The maximum atomic E-state index is 12.6. The van der Waals surface area contributed by atoms with Crippen LogP contribution in [-0.4, -0.2) is 28.9 Å². The molecule has 1 aliphatic rings. The Bertz CT molecular complexity index is 749. The molecule has 0 bridgehead atoms. The first-order valence-electron chi connectivity index (χ1n) is 7.65. The number of anilines is 1. The summed E-state index contributed by atoms with van der Waals surface area (Å²) in [6.07, 6.45) is 1.98. The van der Waals surface area contributed by atoms with Gasteiger partial charge in [0.2, 0.25) is 0 Å². The van der Waals surface area contributed by atoms with Crippen molar-refractivity contribution >= 4 is 50.1 Å². The molecule has 1 atom stereocenters. The highest BCUT2D eigenvalue weighted by Crippen LogP contribution is 2.29. The van der Waals surface area contributed by atoms with Crippen LogP contribution in [0.1, 0.15) is 6.92 Å². The molecule has 24 heavy (non-hydrogen) atoms. The number of amidine groups is 1. The lowest BCUT2D eigenvalue weighted by Gasteiger charge is -2.29. The Kier molecular flexibility index (Phi) is 5.26. The van der Waals surface area contributed by atoms with E-state index in [9.17, 15) is 4.79 Å². The van der Waals surface area contributed by atoms with Gasteiger partial charge in [0.25, 0.3) is 5.91 Å². The zero-order valence-electron chi connectivity index (χ0n) is 13.5. The van der Waals surface area contributed by atoms with Crippen molar-refractivity contribution in [2.75, 3.05) is 17.8 Å².